The Morgan fingerprint density at radius 1 is 1.40 bits per heavy atom. The van der Waals surface area contributed by atoms with Crippen LogP contribution in [0.4, 0.5) is 5.69 Å². The highest BCUT2D eigenvalue weighted by Crippen LogP contribution is 2.25. The highest BCUT2D eigenvalue weighted by molar-refractivity contribution is 9.10. The number of hydrogen-bond acceptors (Lipinski definition) is 3. The molecular weight excluding hydrogens is 342 g/mol. The molecule has 20 heavy (non-hydrogen) atoms. The standard InChI is InChI=1S/C15H23BrClNO2/c1-11(2)4-3-7-20-10-13(19)9-18-15-6-5-12(16)8-14(15)17/h5-6,8,11,13,18-19H,3-4,7,9-10H2,1-2H3. The Kier molecular flexibility index (Phi) is 8.53. The summed E-state index contributed by atoms with van der Waals surface area (Å²) in [7, 11) is 0. The first kappa shape index (κ1) is 17.8. The predicted molar refractivity (Wildman–Crippen MR) is 88.5 cm³/mol. The van der Waals surface area contributed by atoms with Crippen LogP contribution in [0, 0.1) is 5.92 Å². The van der Waals surface area contributed by atoms with Crippen LogP contribution in [0.15, 0.2) is 22.7 Å². The van der Waals surface area contributed by atoms with Gasteiger partial charge in [0.2, 0.25) is 0 Å². The van der Waals surface area contributed by atoms with Crippen LogP contribution in [0.1, 0.15) is 26.7 Å². The number of anilines is 1. The Morgan fingerprint density at radius 2 is 2.15 bits per heavy atom. The minimum atomic E-state index is -0.534. The van der Waals surface area contributed by atoms with E-state index >= 15 is 0 Å². The predicted octanol–water partition coefficient (Wildman–Crippen LogP) is 4.33. The number of benzene rings is 1. The van der Waals surface area contributed by atoms with Gasteiger partial charge in [-0.1, -0.05) is 41.4 Å². The van der Waals surface area contributed by atoms with E-state index in [1.165, 1.54) is 0 Å². The Labute approximate surface area is 134 Å². The maximum absolute atomic E-state index is 9.82. The van der Waals surface area contributed by atoms with Crippen molar-refractivity contribution in [1.82, 2.24) is 0 Å². The summed E-state index contributed by atoms with van der Waals surface area (Å²) >= 11 is 9.44. The van der Waals surface area contributed by atoms with E-state index in [1.54, 1.807) is 0 Å². The fraction of sp³-hybridized carbons (Fsp3) is 0.600. The van der Waals surface area contributed by atoms with E-state index in [0.717, 1.165) is 23.0 Å². The van der Waals surface area contributed by atoms with Crippen molar-refractivity contribution in [3.8, 4) is 0 Å². The second-order valence-corrected chi connectivity index (χ2v) is 6.59. The molecule has 1 aromatic carbocycles. The van der Waals surface area contributed by atoms with E-state index in [2.05, 4.69) is 35.1 Å². The molecule has 5 heteroatoms. The van der Waals surface area contributed by atoms with Crippen molar-refractivity contribution in [3.63, 3.8) is 0 Å². The van der Waals surface area contributed by atoms with Gasteiger partial charge >= 0.3 is 0 Å². The first-order chi connectivity index (χ1) is 9.49. The van der Waals surface area contributed by atoms with Crippen LogP contribution < -0.4 is 5.32 Å². The lowest BCUT2D eigenvalue weighted by Gasteiger charge is -2.14. The fourth-order valence-corrected chi connectivity index (χ4v) is 2.47. The van der Waals surface area contributed by atoms with E-state index in [0.29, 0.717) is 30.7 Å². The van der Waals surface area contributed by atoms with Crippen LogP contribution in [0.25, 0.3) is 0 Å². The lowest BCUT2D eigenvalue weighted by atomic mass is 10.1. The smallest absolute Gasteiger partial charge is 0.0945 e. The molecule has 114 valence electrons. The topological polar surface area (TPSA) is 41.5 Å². The van der Waals surface area contributed by atoms with E-state index in [1.807, 2.05) is 18.2 Å². The number of aliphatic hydroxyl groups excluding tert-OH is 1. The molecule has 0 aliphatic carbocycles. The third-order valence-electron chi connectivity index (χ3n) is 2.84. The molecule has 0 aliphatic heterocycles. The van der Waals surface area contributed by atoms with Gasteiger partial charge in [-0.3, -0.25) is 0 Å². The van der Waals surface area contributed by atoms with Crippen LogP contribution >= 0.6 is 27.5 Å². The van der Waals surface area contributed by atoms with Crippen molar-refractivity contribution < 1.29 is 9.84 Å². The minimum Gasteiger partial charge on any atom is -0.389 e. The molecule has 0 fully saturated rings. The molecule has 2 N–H and O–H groups in total. The highest BCUT2D eigenvalue weighted by Gasteiger charge is 2.06. The van der Waals surface area contributed by atoms with Gasteiger partial charge in [0, 0.05) is 17.6 Å². The summed E-state index contributed by atoms with van der Waals surface area (Å²) in [5.74, 6) is 0.699. The van der Waals surface area contributed by atoms with Crippen LogP contribution in [-0.4, -0.2) is 31.0 Å². The maximum atomic E-state index is 9.82. The molecule has 0 aromatic heterocycles. The molecular formula is C15H23BrClNO2. The van der Waals surface area contributed by atoms with Crippen molar-refractivity contribution in [2.75, 3.05) is 25.1 Å². The number of hydrogen-bond donors (Lipinski definition) is 2. The van der Waals surface area contributed by atoms with Gasteiger partial charge in [0.25, 0.3) is 0 Å². The lowest BCUT2D eigenvalue weighted by molar-refractivity contribution is 0.0409. The quantitative estimate of drug-likeness (QED) is 0.641. The summed E-state index contributed by atoms with van der Waals surface area (Å²) in [6, 6.07) is 5.60. The summed E-state index contributed by atoms with van der Waals surface area (Å²) in [5.41, 5.74) is 0.814. The Morgan fingerprint density at radius 3 is 2.80 bits per heavy atom. The van der Waals surface area contributed by atoms with Crippen molar-refractivity contribution in [3.05, 3.63) is 27.7 Å². The van der Waals surface area contributed by atoms with Gasteiger partial charge in [-0.05, 0) is 37.0 Å². The van der Waals surface area contributed by atoms with Gasteiger partial charge in [0.15, 0.2) is 0 Å². The molecule has 1 aromatic rings. The van der Waals surface area contributed by atoms with E-state index in [-0.39, 0.29) is 0 Å². The molecule has 0 bridgehead atoms. The maximum Gasteiger partial charge on any atom is 0.0945 e. The third-order valence-corrected chi connectivity index (χ3v) is 3.65. The van der Waals surface area contributed by atoms with Crippen molar-refractivity contribution >= 4 is 33.2 Å². The first-order valence-corrected chi connectivity index (χ1v) is 8.11. The van der Waals surface area contributed by atoms with Gasteiger partial charge in [0.1, 0.15) is 0 Å². The van der Waals surface area contributed by atoms with Gasteiger partial charge in [-0.2, -0.15) is 0 Å². The number of halogens is 2. The monoisotopic (exact) mass is 363 g/mol. The zero-order chi connectivity index (χ0) is 15.0. The molecule has 0 amide bonds. The zero-order valence-corrected chi connectivity index (χ0v) is 14.4. The summed E-state index contributed by atoms with van der Waals surface area (Å²) in [4.78, 5) is 0. The van der Waals surface area contributed by atoms with Gasteiger partial charge in [-0.15, -0.1) is 0 Å². The highest BCUT2D eigenvalue weighted by atomic mass is 79.9. The normalized spacial score (nSPS) is 12.7. The number of aliphatic hydroxyl groups is 1. The first-order valence-electron chi connectivity index (χ1n) is 6.93. The lowest BCUT2D eigenvalue weighted by Crippen LogP contribution is -2.25. The largest absolute Gasteiger partial charge is 0.389 e. The molecule has 0 saturated carbocycles. The van der Waals surface area contributed by atoms with Crippen LogP contribution in [-0.2, 0) is 4.74 Å². The van der Waals surface area contributed by atoms with Crippen LogP contribution in [0.3, 0.4) is 0 Å². The molecule has 3 nitrogen and oxygen atoms in total. The van der Waals surface area contributed by atoms with Crippen LogP contribution in [0.2, 0.25) is 5.02 Å². The Hall–Kier alpha value is -0.290. The molecule has 0 spiro atoms. The molecule has 1 atom stereocenters. The fourth-order valence-electron chi connectivity index (χ4n) is 1.73. The molecule has 0 saturated heterocycles. The Bertz CT molecular complexity index is 401. The molecule has 0 aliphatic rings. The van der Waals surface area contributed by atoms with Crippen molar-refractivity contribution in [1.29, 1.82) is 0 Å². The average Bonchev–Trinajstić information content (AvgIpc) is 2.37. The van der Waals surface area contributed by atoms with E-state index < -0.39 is 6.10 Å². The Balaban J connectivity index is 2.18. The number of rotatable bonds is 9. The summed E-state index contributed by atoms with van der Waals surface area (Å²) in [6.45, 7) is 5.86. The second-order valence-electron chi connectivity index (χ2n) is 5.27. The summed E-state index contributed by atoms with van der Waals surface area (Å²) in [6.07, 6.45) is 1.66. The van der Waals surface area contributed by atoms with E-state index in [9.17, 15) is 5.11 Å². The SMILES string of the molecule is CC(C)CCCOCC(O)CNc1ccc(Br)cc1Cl. The molecule has 1 unspecified atom stereocenters. The second kappa shape index (κ2) is 9.61. The average molecular weight is 365 g/mol. The number of nitrogens with one attached hydrogen (secondary N) is 1. The molecule has 0 radical (unpaired) electrons. The third kappa shape index (κ3) is 7.48. The number of ether oxygens (including phenoxy) is 1. The zero-order valence-electron chi connectivity index (χ0n) is 12.0. The van der Waals surface area contributed by atoms with E-state index in [4.69, 9.17) is 16.3 Å². The summed E-state index contributed by atoms with van der Waals surface area (Å²) in [5, 5.41) is 13.6. The van der Waals surface area contributed by atoms with Crippen molar-refractivity contribution in [2.24, 2.45) is 5.92 Å². The van der Waals surface area contributed by atoms with Gasteiger partial charge in [0.05, 0.1) is 23.4 Å². The molecule has 1 rings (SSSR count). The van der Waals surface area contributed by atoms with Crippen LogP contribution in [0.5, 0.6) is 0 Å². The van der Waals surface area contributed by atoms with Gasteiger partial charge < -0.3 is 15.2 Å². The minimum absolute atomic E-state index is 0.346. The van der Waals surface area contributed by atoms with Crippen molar-refractivity contribution in [2.45, 2.75) is 32.8 Å². The molecule has 0 heterocycles. The van der Waals surface area contributed by atoms with Gasteiger partial charge in [-0.25, -0.2) is 0 Å². The summed E-state index contributed by atoms with van der Waals surface area (Å²) < 4.78 is 6.39.